The molecule has 0 aliphatic carbocycles. The van der Waals surface area contributed by atoms with Crippen molar-refractivity contribution in [1.82, 2.24) is 0 Å². The van der Waals surface area contributed by atoms with Crippen molar-refractivity contribution in [3.05, 3.63) is 24.3 Å². The molecule has 0 N–H and O–H groups in total. The average molecular weight is 254 g/mol. The Hall–Kier alpha value is 0.236. The topological polar surface area (TPSA) is 83.5 Å². The molecule has 0 aromatic heterocycles. The van der Waals surface area contributed by atoms with Gasteiger partial charge in [-0.15, -0.1) is 0 Å². The smallest absolute Gasteiger partial charge is 0.744 e. The molecule has 0 radical (unpaired) electrons. The molecule has 0 fully saturated rings. The van der Waals surface area contributed by atoms with Crippen LogP contribution in [-0.4, -0.2) is 18.9 Å². The zero-order chi connectivity index (χ0) is 10.8. The van der Waals surface area contributed by atoms with Crippen LogP contribution in [0.2, 0.25) is 0 Å². The van der Waals surface area contributed by atoms with Crippen molar-refractivity contribution in [3.8, 4) is 5.75 Å². The summed E-state index contributed by atoms with van der Waals surface area (Å²) < 4.78 is 36.6. The van der Waals surface area contributed by atoms with Crippen LogP contribution in [0.15, 0.2) is 29.2 Å². The number of para-hydroxylation sites is 1. The minimum Gasteiger partial charge on any atom is -0.744 e. The number of hydrogen-bond acceptors (Lipinski definition) is 5. The molecule has 0 spiro atoms. The van der Waals surface area contributed by atoms with E-state index >= 15 is 0 Å². The summed E-state index contributed by atoms with van der Waals surface area (Å²) in [5.41, 5.74) is 0. The third-order valence-corrected chi connectivity index (χ3v) is 2.25. The Balaban J connectivity index is 0.00000196. The molecule has 0 heterocycles. The van der Waals surface area contributed by atoms with Crippen molar-refractivity contribution >= 4 is 16.1 Å². The molecule has 0 amide bonds. The monoisotopic (exact) mass is 254 g/mol. The minimum atomic E-state index is -4.61. The van der Waals surface area contributed by atoms with E-state index in [1.807, 2.05) is 0 Å². The molecule has 1 rings (SSSR count). The van der Waals surface area contributed by atoms with Gasteiger partial charge < -0.3 is 9.29 Å². The third-order valence-electron chi connectivity index (χ3n) is 1.37. The number of carbonyl (C=O) groups is 1. The maximum absolute atomic E-state index is 10.7. The van der Waals surface area contributed by atoms with Crippen LogP contribution in [0.25, 0.3) is 0 Å². The number of esters is 1. The molecule has 0 saturated heterocycles. The zero-order valence-corrected chi connectivity index (χ0v) is 12.2. The maximum Gasteiger partial charge on any atom is 1.00 e. The minimum absolute atomic E-state index is 0. The summed E-state index contributed by atoms with van der Waals surface area (Å²) in [5, 5.41) is 0. The summed E-state index contributed by atoms with van der Waals surface area (Å²) >= 11 is 0. The van der Waals surface area contributed by atoms with Gasteiger partial charge in [0, 0.05) is 6.92 Å². The molecule has 1 aromatic rings. The zero-order valence-electron chi connectivity index (χ0n) is 8.26. The van der Waals surface area contributed by atoms with Gasteiger partial charge in [-0.05, 0) is 12.1 Å². The van der Waals surface area contributed by atoms with Gasteiger partial charge in [-0.2, -0.15) is 0 Å². The summed E-state index contributed by atoms with van der Waals surface area (Å²) in [6, 6.07) is 5.16. The first kappa shape index (κ1) is 15.2. The Morgan fingerprint density at radius 3 is 2.33 bits per heavy atom. The van der Waals surface area contributed by atoms with Crippen LogP contribution in [0.5, 0.6) is 5.75 Å². The summed E-state index contributed by atoms with van der Waals surface area (Å²) in [7, 11) is -4.61. The van der Waals surface area contributed by atoms with Gasteiger partial charge in [0.2, 0.25) is 0 Å². The van der Waals surface area contributed by atoms with Crippen molar-refractivity contribution in [3.63, 3.8) is 0 Å². The Labute approximate surface area is 130 Å². The maximum atomic E-state index is 10.7. The molecule has 0 unspecified atom stereocenters. The van der Waals surface area contributed by atoms with E-state index in [2.05, 4.69) is 4.74 Å². The number of rotatable bonds is 2. The quantitative estimate of drug-likeness (QED) is 0.252. The van der Waals surface area contributed by atoms with Gasteiger partial charge in [0.1, 0.15) is 15.9 Å². The van der Waals surface area contributed by atoms with E-state index in [1.165, 1.54) is 18.2 Å². The number of benzene rings is 1. The van der Waals surface area contributed by atoms with Crippen molar-refractivity contribution < 1.29 is 73.9 Å². The van der Waals surface area contributed by atoms with Gasteiger partial charge in [0.05, 0.1) is 4.90 Å². The summed E-state index contributed by atoms with van der Waals surface area (Å²) in [6.45, 7) is 1.12. The Morgan fingerprint density at radius 2 is 1.87 bits per heavy atom. The van der Waals surface area contributed by atoms with Crippen LogP contribution in [0.1, 0.15) is 6.92 Å². The molecule has 1 aromatic carbocycles. The standard InChI is InChI=1S/C8H8O5S.K/c1-6(9)13-7-4-2-3-5-8(7)14(10,11)12;/h2-5H,1H3,(H,10,11,12);/q;+1/p-1. The molecular weight excluding hydrogens is 247 g/mol. The predicted octanol–water partition coefficient (Wildman–Crippen LogP) is -2.48. The first-order valence-electron chi connectivity index (χ1n) is 3.64. The van der Waals surface area contributed by atoms with Gasteiger partial charge in [0.15, 0.2) is 0 Å². The van der Waals surface area contributed by atoms with Crippen LogP contribution >= 0.6 is 0 Å². The second-order valence-electron chi connectivity index (χ2n) is 2.49. The van der Waals surface area contributed by atoms with Gasteiger partial charge in [0.25, 0.3) is 0 Å². The fourth-order valence-electron chi connectivity index (χ4n) is 0.896. The fourth-order valence-corrected chi connectivity index (χ4v) is 1.50. The van der Waals surface area contributed by atoms with Crippen molar-refractivity contribution in [2.24, 2.45) is 0 Å². The SMILES string of the molecule is CC(=O)Oc1ccccc1S(=O)(=O)[O-].[K+]. The van der Waals surface area contributed by atoms with E-state index < -0.39 is 21.0 Å². The van der Waals surface area contributed by atoms with Gasteiger partial charge >= 0.3 is 57.4 Å². The van der Waals surface area contributed by atoms with Gasteiger partial charge in [-0.25, -0.2) is 8.42 Å². The van der Waals surface area contributed by atoms with E-state index in [9.17, 15) is 17.8 Å². The summed E-state index contributed by atoms with van der Waals surface area (Å²) in [5.74, 6) is -0.920. The molecule has 7 heteroatoms. The molecule has 0 bridgehead atoms. The fraction of sp³-hybridized carbons (Fsp3) is 0.125. The molecule has 15 heavy (non-hydrogen) atoms. The second kappa shape index (κ2) is 6.09. The molecule has 0 aliphatic rings. The van der Waals surface area contributed by atoms with Crippen LogP contribution in [0.3, 0.4) is 0 Å². The van der Waals surface area contributed by atoms with E-state index in [-0.39, 0.29) is 57.1 Å². The van der Waals surface area contributed by atoms with Gasteiger partial charge in [-0.1, -0.05) is 12.1 Å². The first-order chi connectivity index (χ1) is 6.41. The van der Waals surface area contributed by atoms with Gasteiger partial charge in [-0.3, -0.25) is 4.79 Å². The molecule has 0 saturated carbocycles. The Bertz CT molecular complexity index is 454. The van der Waals surface area contributed by atoms with E-state index in [4.69, 9.17) is 0 Å². The average Bonchev–Trinajstić information content (AvgIpc) is 2.01. The summed E-state index contributed by atoms with van der Waals surface area (Å²) in [6.07, 6.45) is 0. The second-order valence-corrected chi connectivity index (χ2v) is 3.84. The Morgan fingerprint density at radius 1 is 1.33 bits per heavy atom. The molecular formula is C8H7KO5S. The first-order valence-corrected chi connectivity index (χ1v) is 5.05. The van der Waals surface area contributed by atoms with Crippen LogP contribution < -0.4 is 56.1 Å². The number of carbonyl (C=O) groups excluding carboxylic acids is 1. The van der Waals surface area contributed by atoms with E-state index in [1.54, 1.807) is 0 Å². The van der Waals surface area contributed by atoms with Crippen molar-refractivity contribution in [2.45, 2.75) is 11.8 Å². The number of hydrogen-bond donors (Lipinski definition) is 0. The molecule has 0 atom stereocenters. The molecule has 0 aliphatic heterocycles. The van der Waals surface area contributed by atoms with Crippen LogP contribution in [0, 0.1) is 0 Å². The van der Waals surface area contributed by atoms with Crippen LogP contribution in [-0.2, 0) is 14.9 Å². The Kier molecular flexibility index (Phi) is 6.19. The normalized spacial score (nSPS) is 10.3. The summed E-state index contributed by atoms with van der Waals surface area (Å²) in [4.78, 5) is 10.0. The largest absolute Gasteiger partial charge is 1.00 e. The van der Waals surface area contributed by atoms with E-state index in [0.717, 1.165) is 13.0 Å². The van der Waals surface area contributed by atoms with Crippen molar-refractivity contribution in [2.75, 3.05) is 0 Å². The third kappa shape index (κ3) is 4.73. The van der Waals surface area contributed by atoms with E-state index in [0.29, 0.717) is 0 Å². The number of ether oxygens (including phenoxy) is 1. The predicted molar refractivity (Wildman–Crippen MR) is 45.7 cm³/mol. The van der Waals surface area contributed by atoms with Crippen molar-refractivity contribution in [1.29, 1.82) is 0 Å². The molecule has 5 nitrogen and oxygen atoms in total. The van der Waals surface area contributed by atoms with Crippen LogP contribution in [0.4, 0.5) is 0 Å². The molecule has 76 valence electrons.